The molecule has 2 aliphatic rings. The monoisotopic (exact) mass is 262 g/mol. The molecule has 2 heterocycles. The largest absolute Gasteiger partial charge is 0.381 e. The second kappa shape index (κ2) is 5.46. The van der Waals surface area contributed by atoms with Crippen molar-refractivity contribution in [2.45, 2.75) is 6.04 Å². The summed E-state index contributed by atoms with van der Waals surface area (Å²) in [6.07, 6.45) is 0. The van der Waals surface area contributed by atoms with Gasteiger partial charge in [-0.15, -0.1) is 0 Å². The van der Waals surface area contributed by atoms with Gasteiger partial charge in [-0.05, 0) is 12.1 Å². The van der Waals surface area contributed by atoms with Crippen LogP contribution in [0.5, 0.6) is 0 Å². The summed E-state index contributed by atoms with van der Waals surface area (Å²) in [4.78, 5) is 12.2. The number of morpholine rings is 1. The average molecular weight is 262 g/mol. The van der Waals surface area contributed by atoms with Crippen LogP contribution in [0, 0.1) is 0 Å². The zero-order chi connectivity index (χ0) is 13.1. The Hall–Kier alpha value is -1.79. The SMILES string of the molecule is O=C(NN1CCOCC1)C1CNc2ccccc2N1. The predicted octanol–water partition coefficient (Wildman–Crippen LogP) is 0.256. The van der Waals surface area contributed by atoms with Gasteiger partial charge >= 0.3 is 0 Å². The Morgan fingerprint density at radius 2 is 2.00 bits per heavy atom. The van der Waals surface area contributed by atoms with Crippen molar-refractivity contribution in [3.63, 3.8) is 0 Å². The summed E-state index contributed by atoms with van der Waals surface area (Å²) in [5.74, 6) is -0.0103. The molecule has 3 rings (SSSR count). The number of hydrazine groups is 1. The molecule has 1 unspecified atom stereocenters. The van der Waals surface area contributed by atoms with Crippen molar-refractivity contribution in [1.29, 1.82) is 0 Å². The molecule has 0 aliphatic carbocycles. The van der Waals surface area contributed by atoms with Crippen LogP contribution in [0.25, 0.3) is 0 Å². The first-order valence-corrected chi connectivity index (χ1v) is 6.55. The Morgan fingerprint density at radius 3 is 2.79 bits per heavy atom. The maximum Gasteiger partial charge on any atom is 0.258 e. The normalized spacial score (nSPS) is 22.8. The molecular formula is C13H18N4O2. The highest BCUT2D eigenvalue weighted by molar-refractivity contribution is 5.88. The smallest absolute Gasteiger partial charge is 0.258 e. The molecule has 19 heavy (non-hydrogen) atoms. The molecule has 1 aromatic rings. The highest BCUT2D eigenvalue weighted by atomic mass is 16.5. The van der Waals surface area contributed by atoms with E-state index in [1.54, 1.807) is 0 Å². The highest BCUT2D eigenvalue weighted by Gasteiger charge is 2.25. The van der Waals surface area contributed by atoms with E-state index in [4.69, 9.17) is 4.74 Å². The number of hydrogen-bond donors (Lipinski definition) is 3. The number of rotatable bonds is 2. The van der Waals surface area contributed by atoms with E-state index in [1.165, 1.54) is 0 Å². The Bertz CT molecular complexity index is 460. The summed E-state index contributed by atoms with van der Waals surface area (Å²) in [6, 6.07) is 7.64. The van der Waals surface area contributed by atoms with E-state index in [0.29, 0.717) is 19.8 Å². The zero-order valence-electron chi connectivity index (χ0n) is 10.7. The van der Waals surface area contributed by atoms with E-state index in [2.05, 4.69) is 16.1 Å². The van der Waals surface area contributed by atoms with E-state index >= 15 is 0 Å². The lowest BCUT2D eigenvalue weighted by Gasteiger charge is -2.31. The van der Waals surface area contributed by atoms with Crippen molar-refractivity contribution in [1.82, 2.24) is 10.4 Å². The molecule has 0 spiro atoms. The third-order valence-electron chi connectivity index (χ3n) is 3.35. The number of ether oxygens (including phenoxy) is 1. The molecule has 0 aromatic heterocycles. The van der Waals surface area contributed by atoms with Gasteiger partial charge < -0.3 is 15.4 Å². The molecule has 1 saturated heterocycles. The fourth-order valence-corrected chi connectivity index (χ4v) is 2.28. The first kappa shape index (κ1) is 12.3. The summed E-state index contributed by atoms with van der Waals surface area (Å²) in [5.41, 5.74) is 4.94. The number of nitrogens with zero attached hydrogens (tertiary/aromatic N) is 1. The number of carbonyl (C=O) groups is 1. The number of anilines is 2. The minimum atomic E-state index is -0.252. The number of hydrogen-bond acceptors (Lipinski definition) is 5. The van der Waals surface area contributed by atoms with Gasteiger partial charge in [-0.1, -0.05) is 12.1 Å². The topological polar surface area (TPSA) is 65.6 Å². The van der Waals surface area contributed by atoms with Gasteiger partial charge in [0.05, 0.1) is 24.6 Å². The van der Waals surface area contributed by atoms with Crippen LogP contribution in [0.15, 0.2) is 24.3 Å². The highest BCUT2D eigenvalue weighted by Crippen LogP contribution is 2.25. The van der Waals surface area contributed by atoms with E-state index in [9.17, 15) is 4.79 Å². The summed E-state index contributed by atoms with van der Waals surface area (Å²) in [6.45, 7) is 3.40. The first-order valence-electron chi connectivity index (χ1n) is 6.55. The average Bonchev–Trinajstić information content (AvgIpc) is 2.48. The van der Waals surface area contributed by atoms with Gasteiger partial charge in [-0.25, -0.2) is 5.01 Å². The fraction of sp³-hybridized carbons (Fsp3) is 0.462. The quantitative estimate of drug-likeness (QED) is 0.713. The predicted molar refractivity (Wildman–Crippen MR) is 72.9 cm³/mol. The molecule has 102 valence electrons. The number of para-hydroxylation sites is 2. The molecule has 0 radical (unpaired) electrons. The van der Waals surface area contributed by atoms with Crippen molar-refractivity contribution >= 4 is 17.3 Å². The minimum Gasteiger partial charge on any atom is -0.381 e. The van der Waals surface area contributed by atoms with Crippen LogP contribution >= 0.6 is 0 Å². The van der Waals surface area contributed by atoms with Crippen LogP contribution in [0.1, 0.15) is 0 Å². The van der Waals surface area contributed by atoms with Gasteiger partial charge in [-0.3, -0.25) is 10.2 Å². The van der Waals surface area contributed by atoms with Crippen molar-refractivity contribution < 1.29 is 9.53 Å². The lowest BCUT2D eigenvalue weighted by Crippen LogP contribution is -2.54. The molecule has 6 nitrogen and oxygen atoms in total. The van der Waals surface area contributed by atoms with E-state index < -0.39 is 0 Å². The Morgan fingerprint density at radius 1 is 1.26 bits per heavy atom. The summed E-state index contributed by atoms with van der Waals surface area (Å²) >= 11 is 0. The molecule has 0 bridgehead atoms. The Kier molecular flexibility index (Phi) is 3.52. The summed E-state index contributed by atoms with van der Waals surface area (Å²) in [5, 5.41) is 8.43. The van der Waals surface area contributed by atoms with Gasteiger partial charge in [0, 0.05) is 19.6 Å². The summed E-state index contributed by atoms with van der Waals surface area (Å²) in [7, 11) is 0. The van der Waals surface area contributed by atoms with Crippen molar-refractivity contribution in [3.05, 3.63) is 24.3 Å². The lowest BCUT2D eigenvalue weighted by molar-refractivity contribution is -0.128. The molecule has 2 aliphatic heterocycles. The number of amides is 1. The van der Waals surface area contributed by atoms with Crippen LogP contribution in [0.4, 0.5) is 11.4 Å². The van der Waals surface area contributed by atoms with Crippen molar-refractivity contribution in [2.24, 2.45) is 0 Å². The maximum absolute atomic E-state index is 12.2. The van der Waals surface area contributed by atoms with Crippen molar-refractivity contribution in [2.75, 3.05) is 43.5 Å². The van der Waals surface area contributed by atoms with E-state index in [-0.39, 0.29) is 11.9 Å². The molecular weight excluding hydrogens is 244 g/mol. The zero-order valence-corrected chi connectivity index (χ0v) is 10.7. The first-order chi connectivity index (χ1) is 9.33. The standard InChI is InChI=1S/C13H18N4O2/c18-13(16-17-5-7-19-8-6-17)12-9-14-10-3-1-2-4-11(10)15-12/h1-4,12,14-15H,5-9H2,(H,16,18). The fourth-order valence-electron chi connectivity index (χ4n) is 2.28. The number of fused-ring (bicyclic) bond motifs is 1. The second-order valence-electron chi connectivity index (χ2n) is 4.70. The molecule has 6 heteroatoms. The summed E-state index contributed by atoms with van der Waals surface area (Å²) < 4.78 is 5.25. The van der Waals surface area contributed by atoms with Crippen molar-refractivity contribution in [3.8, 4) is 0 Å². The Balaban J connectivity index is 1.59. The number of carbonyl (C=O) groups excluding carboxylic acids is 1. The molecule has 1 aromatic carbocycles. The number of benzene rings is 1. The van der Waals surface area contributed by atoms with Crippen LogP contribution in [0.2, 0.25) is 0 Å². The Labute approximate surface area is 112 Å². The lowest BCUT2D eigenvalue weighted by atomic mass is 10.1. The molecule has 0 saturated carbocycles. The third-order valence-corrected chi connectivity index (χ3v) is 3.35. The number of nitrogens with one attached hydrogen (secondary N) is 3. The van der Waals surface area contributed by atoms with E-state index in [0.717, 1.165) is 24.5 Å². The minimum absolute atomic E-state index is 0.0103. The van der Waals surface area contributed by atoms with Gasteiger partial charge in [0.1, 0.15) is 6.04 Å². The van der Waals surface area contributed by atoms with Gasteiger partial charge in [-0.2, -0.15) is 0 Å². The van der Waals surface area contributed by atoms with Crippen LogP contribution in [-0.2, 0) is 9.53 Å². The maximum atomic E-state index is 12.2. The molecule has 1 amide bonds. The van der Waals surface area contributed by atoms with E-state index in [1.807, 2.05) is 29.3 Å². The molecule has 1 fully saturated rings. The van der Waals surface area contributed by atoms with Crippen LogP contribution in [0.3, 0.4) is 0 Å². The van der Waals surface area contributed by atoms with Gasteiger partial charge in [0.2, 0.25) is 0 Å². The third kappa shape index (κ3) is 2.80. The van der Waals surface area contributed by atoms with Crippen LogP contribution in [-0.4, -0.2) is 49.8 Å². The second-order valence-corrected chi connectivity index (χ2v) is 4.70. The molecule has 1 atom stereocenters. The molecule has 3 N–H and O–H groups in total. The van der Waals surface area contributed by atoms with Crippen LogP contribution < -0.4 is 16.1 Å². The van der Waals surface area contributed by atoms with Gasteiger partial charge in [0.25, 0.3) is 5.91 Å². The van der Waals surface area contributed by atoms with Gasteiger partial charge in [0.15, 0.2) is 0 Å².